The molecule has 0 saturated carbocycles. The van der Waals surface area contributed by atoms with E-state index in [0.29, 0.717) is 18.9 Å². The number of furan rings is 1. The Morgan fingerprint density at radius 3 is 2.83 bits per heavy atom. The minimum atomic E-state index is -0.0757. The van der Waals surface area contributed by atoms with Crippen molar-refractivity contribution in [3.63, 3.8) is 0 Å². The largest absolute Gasteiger partial charge is 0.469 e. The summed E-state index contributed by atoms with van der Waals surface area (Å²) in [6.07, 6.45) is 5.78. The number of aliphatic hydroxyl groups is 1. The molecule has 6 nitrogen and oxygen atoms in total. The third-order valence-corrected chi connectivity index (χ3v) is 4.22. The molecular weight excluding hydrogens is 294 g/mol. The summed E-state index contributed by atoms with van der Waals surface area (Å²) in [5.74, 6) is 1.17. The fourth-order valence-corrected chi connectivity index (χ4v) is 2.75. The summed E-state index contributed by atoms with van der Waals surface area (Å²) in [5.41, 5.74) is 1.22. The molecule has 3 rings (SSSR count). The van der Waals surface area contributed by atoms with Crippen LogP contribution in [-0.4, -0.2) is 47.3 Å². The van der Waals surface area contributed by atoms with Gasteiger partial charge < -0.3 is 19.7 Å². The fraction of sp³-hybridized carbons (Fsp3) is 0.412. The lowest BCUT2D eigenvalue weighted by Gasteiger charge is -2.39. The van der Waals surface area contributed by atoms with Gasteiger partial charge in [0.25, 0.3) is 0 Å². The number of amides is 2. The van der Waals surface area contributed by atoms with Crippen molar-refractivity contribution in [2.75, 3.05) is 26.2 Å². The van der Waals surface area contributed by atoms with E-state index >= 15 is 0 Å². The molecule has 2 N–H and O–H groups in total. The molecule has 2 aromatic heterocycles. The monoisotopic (exact) mass is 315 g/mol. The maximum Gasteiger partial charge on any atom is 0.317 e. The van der Waals surface area contributed by atoms with Gasteiger partial charge in [-0.1, -0.05) is 0 Å². The number of carbonyl (C=O) groups excluding carboxylic acids is 1. The summed E-state index contributed by atoms with van der Waals surface area (Å²) < 4.78 is 5.28. The van der Waals surface area contributed by atoms with E-state index in [9.17, 15) is 9.90 Å². The summed E-state index contributed by atoms with van der Waals surface area (Å²) in [4.78, 5) is 17.9. The first kappa shape index (κ1) is 15.6. The zero-order valence-corrected chi connectivity index (χ0v) is 12.9. The summed E-state index contributed by atoms with van der Waals surface area (Å²) in [6, 6.07) is 7.60. The molecular formula is C17H21N3O3. The number of aliphatic hydroxyl groups excluding tert-OH is 1. The van der Waals surface area contributed by atoms with E-state index in [1.807, 2.05) is 24.3 Å². The predicted octanol–water partition coefficient (Wildman–Crippen LogP) is 1.63. The Balaban J connectivity index is 1.41. The number of nitrogens with one attached hydrogen (secondary N) is 1. The van der Waals surface area contributed by atoms with E-state index in [-0.39, 0.29) is 18.6 Å². The number of aromatic nitrogens is 1. The number of likely N-dealkylation sites (tertiary alicyclic amines) is 1. The zero-order valence-electron chi connectivity index (χ0n) is 12.9. The molecule has 1 fully saturated rings. The molecule has 0 spiro atoms. The quantitative estimate of drug-likeness (QED) is 0.849. The van der Waals surface area contributed by atoms with Gasteiger partial charge in [-0.05, 0) is 29.8 Å². The normalized spacial score (nSPS) is 16.0. The Bertz CT molecular complexity index is 609. The fourth-order valence-electron chi connectivity index (χ4n) is 2.75. The van der Waals surface area contributed by atoms with Gasteiger partial charge in [0, 0.05) is 56.9 Å². The average Bonchev–Trinajstić information content (AvgIpc) is 3.04. The lowest BCUT2D eigenvalue weighted by atomic mass is 9.93. The first-order valence-electron chi connectivity index (χ1n) is 7.82. The van der Waals surface area contributed by atoms with Gasteiger partial charge in [-0.15, -0.1) is 0 Å². The lowest BCUT2D eigenvalue weighted by molar-refractivity contribution is 0.146. The molecule has 6 heteroatoms. The van der Waals surface area contributed by atoms with Crippen LogP contribution < -0.4 is 5.32 Å². The molecule has 1 aliphatic rings. The second-order valence-corrected chi connectivity index (χ2v) is 5.90. The van der Waals surface area contributed by atoms with Crippen LogP contribution in [0.2, 0.25) is 0 Å². The number of pyridine rings is 1. The van der Waals surface area contributed by atoms with E-state index in [1.165, 1.54) is 5.56 Å². The van der Waals surface area contributed by atoms with Crippen molar-refractivity contribution in [3.8, 4) is 0 Å². The van der Waals surface area contributed by atoms with Gasteiger partial charge in [-0.2, -0.15) is 0 Å². The second-order valence-electron chi connectivity index (χ2n) is 5.90. The van der Waals surface area contributed by atoms with Crippen LogP contribution in [0, 0.1) is 5.92 Å². The third kappa shape index (κ3) is 3.90. The topological polar surface area (TPSA) is 78.6 Å². The maximum absolute atomic E-state index is 12.1. The maximum atomic E-state index is 12.1. The highest BCUT2D eigenvalue weighted by Gasteiger charge is 2.31. The van der Waals surface area contributed by atoms with Crippen LogP contribution in [0.4, 0.5) is 4.79 Å². The van der Waals surface area contributed by atoms with Crippen molar-refractivity contribution in [2.45, 2.75) is 12.3 Å². The highest BCUT2D eigenvalue weighted by atomic mass is 16.3. The Morgan fingerprint density at radius 2 is 2.17 bits per heavy atom. The molecule has 2 aromatic rings. The lowest BCUT2D eigenvalue weighted by Crippen LogP contribution is -2.53. The van der Waals surface area contributed by atoms with Crippen LogP contribution >= 0.6 is 0 Å². The van der Waals surface area contributed by atoms with Gasteiger partial charge in [-0.3, -0.25) is 4.98 Å². The minimum Gasteiger partial charge on any atom is -0.469 e. The van der Waals surface area contributed by atoms with Gasteiger partial charge in [-0.25, -0.2) is 4.79 Å². The van der Waals surface area contributed by atoms with Gasteiger partial charge in [0.1, 0.15) is 5.76 Å². The van der Waals surface area contributed by atoms with Gasteiger partial charge in [0.05, 0.1) is 6.26 Å². The van der Waals surface area contributed by atoms with Gasteiger partial charge >= 0.3 is 6.03 Å². The molecule has 23 heavy (non-hydrogen) atoms. The van der Waals surface area contributed by atoms with E-state index < -0.39 is 0 Å². The third-order valence-electron chi connectivity index (χ3n) is 4.22. The van der Waals surface area contributed by atoms with E-state index in [0.717, 1.165) is 18.8 Å². The zero-order chi connectivity index (χ0) is 16.1. The molecule has 3 heterocycles. The summed E-state index contributed by atoms with van der Waals surface area (Å²) in [6.45, 7) is 1.89. The Kier molecular flexibility index (Phi) is 4.92. The van der Waals surface area contributed by atoms with Crippen molar-refractivity contribution in [1.29, 1.82) is 0 Å². The average molecular weight is 315 g/mol. The number of urea groups is 1. The molecule has 1 atom stereocenters. The first-order chi connectivity index (χ1) is 11.3. The molecule has 1 aliphatic heterocycles. The van der Waals surface area contributed by atoms with Crippen LogP contribution in [0.25, 0.3) is 0 Å². The van der Waals surface area contributed by atoms with Crippen molar-refractivity contribution in [3.05, 3.63) is 54.2 Å². The van der Waals surface area contributed by atoms with Crippen LogP contribution in [-0.2, 0) is 6.42 Å². The van der Waals surface area contributed by atoms with Crippen molar-refractivity contribution >= 4 is 6.03 Å². The van der Waals surface area contributed by atoms with Crippen LogP contribution in [0.1, 0.15) is 17.2 Å². The standard InChI is InChI=1S/C17H21N3O3/c21-12-13(8-16-2-1-7-23-16)9-19-17(22)20-10-15(11-20)14-3-5-18-6-4-14/h1-7,13,15,21H,8-12H2,(H,19,22)/t13-/m0/s1. The van der Waals surface area contributed by atoms with Gasteiger partial charge in [0.2, 0.25) is 0 Å². The van der Waals surface area contributed by atoms with Crippen molar-refractivity contribution in [2.24, 2.45) is 5.92 Å². The number of rotatable bonds is 6. The summed E-state index contributed by atoms with van der Waals surface area (Å²) in [5, 5.41) is 12.3. The molecule has 0 unspecified atom stereocenters. The van der Waals surface area contributed by atoms with E-state index in [1.54, 1.807) is 23.6 Å². The Labute approximate surface area is 135 Å². The smallest absolute Gasteiger partial charge is 0.317 e. The van der Waals surface area contributed by atoms with Crippen LogP contribution in [0.3, 0.4) is 0 Å². The van der Waals surface area contributed by atoms with E-state index in [2.05, 4.69) is 10.3 Å². The SMILES string of the molecule is O=C(NC[C@@H](CO)Cc1ccco1)N1CC(c2ccncc2)C1. The van der Waals surface area contributed by atoms with Crippen LogP contribution in [0.5, 0.6) is 0 Å². The van der Waals surface area contributed by atoms with Crippen molar-refractivity contribution < 1.29 is 14.3 Å². The number of hydrogen-bond donors (Lipinski definition) is 2. The molecule has 0 aliphatic carbocycles. The molecule has 0 radical (unpaired) electrons. The Hall–Kier alpha value is -2.34. The predicted molar refractivity (Wildman–Crippen MR) is 84.9 cm³/mol. The number of hydrogen-bond acceptors (Lipinski definition) is 4. The van der Waals surface area contributed by atoms with Crippen LogP contribution in [0.15, 0.2) is 47.3 Å². The summed E-state index contributed by atoms with van der Waals surface area (Å²) in [7, 11) is 0. The minimum absolute atomic E-state index is 0.0145. The molecule has 2 amide bonds. The number of nitrogens with zero attached hydrogens (tertiary/aromatic N) is 2. The highest BCUT2D eigenvalue weighted by Crippen LogP contribution is 2.26. The number of carbonyl (C=O) groups is 1. The highest BCUT2D eigenvalue weighted by molar-refractivity contribution is 5.75. The Morgan fingerprint density at radius 1 is 1.39 bits per heavy atom. The van der Waals surface area contributed by atoms with E-state index in [4.69, 9.17) is 4.42 Å². The van der Waals surface area contributed by atoms with Gasteiger partial charge in [0.15, 0.2) is 0 Å². The van der Waals surface area contributed by atoms with Crippen molar-refractivity contribution in [1.82, 2.24) is 15.2 Å². The molecule has 1 saturated heterocycles. The summed E-state index contributed by atoms with van der Waals surface area (Å²) >= 11 is 0. The first-order valence-corrected chi connectivity index (χ1v) is 7.82. The molecule has 0 bridgehead atoms. The second kappa shape index (κ2) is 7.28. The molecule has 0 aromatic carbocycles. The molecule has 122 valence electrons.